The van der Waals surface area contributed by atoms with Gasteiger partial charge < -0.3 is 0 Å². The van der Waals surface area contributed by atoms with Crippen molar-refractivity contribution in [2.75, 3.05) is 5.06 Å². The Kier molecular flexibility index (Phi) is 2.20. The van der Waals surface area contributed by atoms with Crippen LogP contribution in [0, 0.1) is 0 Å². The summed E-state index contributed by atoms with van der Waals surface area (Å²) in [5.74, 6) is 0. The Morgan fingerprint density at radius 1 is 1.38 bits per heavy atom. The van der Waals surface area contributed by atoms with E-state index in [9.17, 15) is 0 Å². The third-order valence-corrected chi connectivity index (χ3v) is 1.98. The van der Waals surface area contributed by atoms with Crippen molar-refractivity contribution in [3.63, 3.8) is 0 Å². The lowest BCUT2D eigenvalue weighted by Gasteiger charge is -2.13. The van der Waals surface area contributed by atoms with E-state index in [-0.39, 0.29) is 6.23 Å². The number of hydroxylamine groups is 1. The van der Waals surface area contributed by atoms with Crippen LogP contribution in [0.3, 0.4) is 0 Å². The lowest BCUT2D eigenvalue weighted by atomic mass is 10.3. The Morgan fingerprint density at radius 2 is 2.08 bits per heavy atom. The van der Waals surface area contributed by atoms with Gasteiger partial charge in [0.15, 0.2) is 6.23 Å². The van der Waals surface area contributed by atoms with Gasteiger partial charge in [-0.05, 0) is 31.2 Å². The number of hydrogen-bond donors (Lipinski definition) is 0. The highest BCUT2D eigenvalue weighted by Gasteiger charge is 2.14. The maximum absolute atomic E-state index is 5.75. The van der Waals surface area contributed by atoms with E-state index in [2.05, 4.69) is 4.99 Å². The molecule has 0 N–H and O–H groups in total. The summed E-state index contributed by atoms with van der Waals surface area (Å²) in [4.78, 5) is 9.42. The fourth-order valence-corrected chi connectivity index (χ4v) is 1.21. The van der Waals surface area contributed by atoms with E-state index in [1.54, 1.807) is 11.4 Å². The predicted molar refractivity (Wildman–Crippen MR) is 53.0 cm³/mol. The molecule has 0 fully saturated rings. The van der Waals surface area contributed by atoms with Gasteiger partial charge >= 0.3 is 0 Å². The molecule has 1 aromatic carbocycles. The van der Waals surface area contributed by atoms with Gasteiger partial charge in [-0.15, -0.1) is 0 Å². The molecule has 68 valence electrons. The highest BCUT2D eigenvalue weighted by Crippen LogP contribution is 2.20. The average molecular weight is 197 g/mol. The summed E-state index contributed by atoms with van der Waals surface area (Å²) in [5, 5.41) is 2.34. The minimum atomic E-state index is -0.101. The SMILES string of the molecule is CC1N=CN(c2ccc(Cl)cc2)O1. The minimum absolute atomic E-state index is 0.101. The predicted octanol–water partition coefficient (Wildman–Crippen LogP) is 2.47. The number of anilines is 1. The quantitative estimate of drug-likeness (QED) is 0.690. The first-order valence-electron chi connectivity index (χ1n) is 4.00. The van der Waals surface area contributed by atoms with Crippen LogP contribution in [0.25, 0.3) is 0 Å². The summed E-state index contributed by atoms with van der Waals surface area (Å²) in [6, 6.07) is 7.40. The van der Waals surface area contributed by atoms with E-state index in [1.807, 2.05) is 31.2 Å². The number of halogens is 1. The zero-order valence-corrected chi connectivity index (χ0v) is 7.90. The molecule has 0 amide bonds. The van der Waals surface area contributed by atoms with E-state index in [1.165, 1.54) is 0 Å². The third-order valence-electron chi connectivity index (χ3n) is 1.73. The van der Waals surface area contributed by atoms with Crippen LogP contribution in [0.1, 0.15) is 6.92 Å². The fourth-order valence-electron chi connectivity index (χ4n) is 1.09. The molecule has 1 aliphatic heterocycles. The first-order chi connectivity index (χ1) is 6.25. The van der Waals surface area contributed by atoms with Gasteiger partial charge in [0, 0.05) is 5.02 Å². The van der Waals surface area contributed by atoms with E-state index in [0.29, 0.717) is 5.02 Å². The third kappa shape index (κ3) is 1.82. The Bertz CT molecular complexity index is 323. The van der Waals surface area contributed by atoms with E-state index in [0.717, 1.165) is 5.69 Å². The van der Waals surface area contributed by atoms with Gasteiger partial charge in [-0.25, -0.2) is 14.9 Å². The van der Waals surface area contributed by atoms with Crippen LogP contribution < -0.4 is 5.06 Å². The van der Waals surface area contributed by atoms with E-state index >= 15 is 0 Å². The van der Waals surface area contributed by atoms with Crippen molar-refractivity contribution in [1.29, 1.82) is 0 Å². The van der Waals surface area contributed by atoms with Crippen molar-refractivity contribution < 1.29 is 4.84 Å². The summed E-state index contributed by atoms with van der Waals surface area (Å²) >= 11 is 5.75. The number of benzene rings is 1. The Balaban J connectivity index is 2.18. The molecule has 0 saturated heterocycles. The molecule has 0 bridgehead atoms. The van der Waals surface area contributed by atoms with Gasteiger partial charge in [0.25, 0.3) is 0 Å². The van der Waals surface area contributed by atoms with Gasteiger partial charge in [-0.2, -0.15) is 0 Å². The van der Waals surface area contributed by atoms with Crippen LogP contribution in [0.4, 0.5) is 5.69 Å². The highest BCUT2D eigenvalue weighted by atomic mass is 35.5. The van der Waals surface area contributed by atoms with E-state index < -0.39 is 0 Å². The molecule has 1 atom stereocenters. The minimum Gasteiger partial charge on any atom is -0.241 e. The summed E-state index contributed by atoms with van der Waals surface area (Å²) < 4.78 is 0. The maximum Gasteiger partial charge on any atom is 0.174 e. The topological polar surface area (TPSA) is 24.8 Å². The number of aliphatic imine (C=N–C) groups is 1. The van der Waals surface area contributed by atoms with Crippen LogP contribution in [-0.4, -0.2) is 12.6 Å². The second-order valence-electron chi connectivity index (χ2n) is 2.77. The van der Waals surface area contributed by atoms with Gasteiger partial charge in [0.2, 0.25) is 0 Å². The van der Waals surface area contributed by atoms with Crippen LogP contribution in [0.5, 0.6) is 0 Å². The maximum atomic E-state index is 5.75. The lowest BCUT2D eigenvalue weighted by Crippen LogP contribution is -2.17. The molecule has 0 radical (unpaired) electrons. The fraction of sp³-hybridized carbons (Fsp3) is 0.222. The van der Waals surface area contributed by atoms with Gasteiger partial charge in [0.05, 0.1) is 5.69 Å². The first-order valence-corrected chi connectivity index (χ1v) is 4.38. The molecule has 0 aromatic heterocycles. The second-order valence-corrected chi connectivity index (χ2v) is 3.21. The summed E-state index contributed by atoms with van der Waals surface area (Å²) in [5.41, 5.74) is 0.928. The van der Waals surface area contributed by atoms with Crippen molar-refractivity contribution in [2.45, 2.75) is 13.2 Å². The Morgan fingerprint density at radius 3 is 2.62 bits per heavy atom. The molecule has 1 unspecified atom stereocenters. The molecular weight excluding hydrogens is 188 g/mol. The molecule has 3 nitrogen and oxygen atoms in total. The van der Waals surface area contributed by atoms with Crippen LogP contribution in [0.15, 0.2) is 29.3 Å². The Hall–Kier alpha value is -1.06. The molecule has 0 spiro atoms. The smallest absolute Gasteiger partial charge is 0.174 e. The Labute approximate surface area is 81.5 Å². The monoisotopic (exact) mass is 196 g/mol. The summed E-state index contributed by atoms with van der Waals surface area (Å²) in [6.07, 6.45) is 1.56. The molecule has 0 aliphatic carbocycles. The van der Waals surface area contributed by atoms with Crippen molar-refractivity contribution in [2.24, 2.45) is 4.99 Å². The summed E-state index contributed by atoms with van der Waals surface area (Å²) in [6.45, 7) is 1.88. The normalized spacial score (nSPS) is 21.1. The molecule has 13 heavy (non-hydrogen) atoms. The van der Waals surface area contributed by atoms with Gasteiger partial charge in [-0.3, -0.25) is 0 Å². The number of rotatable bonds is 1. The van der Waals surface area contributed by atoms with Crippen LogP contribution >= 0.6 is 11.6 Å². The van der Waals surface area contributed by atoms with Crippen molar-refractivity contribution >= 4 is 23.6 Å². The van der Waals surface area contributed by atoms with Crippen molar-refractivity contribution in [3.05, 3.63) is 29.3 Å². The average Bonchev–Trinajstić information content (AvgIpc) is 2.53. The molecule has 4 heteroatoms. The summed E-state index contributed by atoms with van der Waals surface area (Å²) in [7, 11) is 0. The zero-order chi connectivity index (χ0) is 9.26. The molecule has 0 saturated carbocycles. The van der Waals surface area contributed by atoms with Crippen molar-refractivity contribution in [1.82, 2.24) is 0 Å². The zero-order valence-electron chi connectivity index (χ0n) is 7.14. The number of nitrogens with zero attached hydrogens (tertiary/aromatic N) is 2. The van der Waals surface area contributed by atoms with Crippen LogP contribution in [-0.2, 0) is 4.84 Å². The molecular formula is C9H9ClN2O. The standard InChI is InChI=1S/C9H9ClN2O/c1-7-11-6-12(13-7)9-4-2-8(10)3-5-9/h2-7H,1H3. The van der Waals surface area contributed by atoms with Crippen molar-refractivity contribution in [3.8, 4) is 0 Å². The molecule has 1 aromatic rings. The van der Waals surface area contributed by atoms with Gasteiger partial charge in [-0.1, -0.05) is 11.6 Å². The molecule has 2 rings (SSSR count). The van der Waals surface area contributed by atoms with Gasteiger partial charge in [0.1, 0.15) is 6.34 Å². The lowest BCUT2D eigenvalue weighted by molar-refractivity contribution is 0.101. The number of hydrogen-bond acceptors (Lipinski definition) is 3. The largest absolute Gasteiger partial charge is 0.241 e. The molecule has 1 heterocycles. The molecule has 1 aliphatic rings. The van der Waals surface area contributed by atoms with Crippen LogP contribution in [0.2, 0.25) is 5.02 Å². The van der Waals surface area contributed by atoms with E-state index in [4.69, 9.17) is 16.4 Å². The highest BCUT2D eigenvalue weighted by molar-refractivity contribution is 6.30. The second kappa shape index (κ2) is 3.36. The first kappa shape index (κ1) is 8.53.